The summed E-state index contributed by atoms with van der Waals surface area (Å²) in [5, 5.41) is 0. The predicted molar refractivity (Wildman–Crippen MR) is 83.5 cm³/mol. The molecular weight excluding hydrogens is 232 g/mol. The van der Waals surface area contributed by atoms with E-state index >= 15 is 0 Å². The van der Waals surface area contributed by atoms with Crippen LogP contribution in [0.1, 0.15) is 59.3 Å². The maximum Gasteiger partial charge on any atom is 0.0113 e. The number of hydrogen-bond donors (Lipinski definition) is 0. The molecule has 0 aromatic heterocycles. The largest absolute Gasteiger partial charge is 0.301 e. The number of unbranched alkanes of at least 4 members (excludes halogenated alkanes) is 1. The van der Waals surface area contributed by atoms with Crippen molar-refractivity contribution in [1.82, 2.24) is 9.80 Å². The zero-order chi connectivity index (χ0) is 13.7. The van der Waals surface area contributed by atoms with Crippen LogP contribution in [0.2, 0.25) is 0 Å². The second-order valence-electron chi connectivity index (χ2n) is 7.04. The Balaban J connectivity index is 1.68. The highest BCUT2D eigenvalue weighted by atomic mass is 15.3. The summed E-state index contributed by atoms with van der Waals surface area (Å²) in [5.74, 6) is 1.90. The van der Waals surface area contributed by atoms with Gasteiger partial charge in [-0.25, -0.2) is 0 Å². The van der Waals surface area contributed by atoms with Crippen LogP contribution in [0.25, 0.3) is 0 Å². The quantitative estimate of drug-likeness (QED) is 0.750. The monoisotopic (exact) mass is 266 g/mol. The molecule has 1 aliphatic heterocycles. The topological polar surface area (TPSA) is 6.48 Å². The Morgan fingerprint density at radius 3 is 2.11 bits per heavy atom. The predicted octanol–water partition coefficient (Wildman–Crippen LogP) is 3.62. The molecule has 1 saturated carbocycles. The summed E-state index contributed by atoms with van der Waals surface area (Å²) in [6.07, 6.45) is 8.56. The SMILES string of the molecule is CCCCN1CCN(C2CCC(C(C)C)CC2)CC1. The summed E-state index contributed by atoms with van der Waals surface area (Å²) in [6, 6.07) is 0.906. The van der Waals surface area contributed by atoms with E-state index in [0.29, 0.717) is 0 Å². The number of rotatable bonds is 5. The second kappa shape index (κ2) is 7.64. The first kappa shape index (κ1) is 15.3. The number of piperazine rings is 1. The summed E-state index contributed by atoms with van der Waals surface area (Å²) in [5.41, 5.74) is 0. The van der Waals surface area contributed by atoms with Crippen LogP contribution in [-0.4, -0.2) is 48.6 Å². The summed E-state index contributed by atoms with van der Waals surface area (Å²) in [6.45, 7) is 13.7. The molecule has 2 rings (SSSR count). The summed E-state index contributed by atoms with van der Waals surface area (Å²) < 4.78 is 0. The molecule has 112 valence electrons. The van der Waals surface area contributed by atoms with Gasteiger partial charge in [-0.15, -0.1) is 0 Å². The average Bonchev–Trinajstić information content (AvgIpc) is 2.46. The fourth-order valence-corrected chi connectivity index (χ4v) is 3.87. The standard InChI is InChI=1S/C17H34N2/c1-4-5-10-18-11-13-19(14-12-18)17-8-6-16(7-9-17)15(2)3/h15-17H,4-14H2,1-3H3. The Kier molecular flexibility index (Phi) is 6.15. The van der Waals surface area contributed by atoms with Gasteiger partial charge in [0.2, 0.25) is 0 Å². The summed E-state index contributed by atoms with van der Waals surface area (Å²) in [4.78, 5) is 5.46. The Bertz CT molecular complexity index is 236. The molecule has 1 heterocycles. The maximum absolute atomic E-state index is 2.79. The number of hydrogen-bond acceptors (Lipinski definition) is 2. The summed E-state index contributed by atoms with van der Waals surface area (Å²) >= 11 is 0. The Morgan fingerprint density at radius 1 is 0.947 bits per heavy atom. The molecule has 2 heteroatoms. The van der Waals surface area contributed by atoms with Crippen molar-refractivity contribution in [1.29, 1.82) is 0 Å². The van der Waals surface area contributed by atoms with Gasteiger partial charge in [-0.1, -0.05) is 27.2 Å². The minimum absolute atomic E-state index is 0.895. The van der Waals surface area contributed by atoms with E-state index in [0.717, 1.165) is 17.9 Å². The zero-order valence-electron chi connectivity index (χ0n) is 13.4. The lowest BCUT2D eigenvalue weighted by Crippen LogP contribution is -2.51. The molecule has 1 saturated heterocycles. The van der Waals surface area contributed by atoms with Crippen LogP contribution in [0.4, 0.5) is 0 Å². The fourth-order valence-electron chi connectivity index (χ4n) is 3.87. The molecule has 2 nitrogen and oxygen atoms in total. The van der Waals surface area contributed by atoms with Crippen molar-refractivity contribution in [2.24, 2.45) is 11.8 Å². The molecule has 1 aliphatic carbocycles. The first-order valence-corrected chi connectivity index (χ1v) is 8.67. The van der Waals surface area contributed by atoms with Crippen LogP contribution < -0.4 is 0 Å². The van der Waals surface area contributed by atoms with E-state index in [2.05, 4.69) is 30.6 Å². The van der Waals surface area contributed by atoms with Crippen molar-refractivity contribution in [3.8, 4) is 0 Å². The Morgan fingerprint density at radius 2 is 1.58 bits per heavy atom. The molecule has 0 aromatic carbocycles. The Hall–Kier alpha value is -0.0800. The minimum Gasteiger partial charge on any atom is -0.301 e. The van der Waals surface area contributed by atoms with E-state index in [1.54, 1.807) is 0 Å². The van der Waals surface area contributed by atoms with Crippen molar-refractivity contribution in [3.05, 3.63) is 0 Å². The van der Waals surface area contributed by atoms with Crippen LogP contribution in [0, 0.1) is 11.8 Å². The molecule has 0 aromatic rings. The molecule has 0 atom stereocenters. The normalized spacial score (nSPS) is 30.9. The average molecular weight is 266 g/mol. The van der Waals surface area contributed by atoms with Gasteiger partial charge in [-0.3, -0.25) is 4.90 Å². The van der Waals surface area contributed by atoms with Gasteiger partial charge in [0.05, 0.1) is 0 Å². The minimum atomic E-state index is 0.895. The van der Waals surface area contributed by atoms with Gasteiger partial charge in [0.25, 0.3) is 0 Å². The Labute approximate surface area is 120 Å². The third kappa shape index (κ3) is 4.46. The van der Waals surface area contributed by atoms with Crippen LogP contribution in [-0.2, 0) is 0 Å². The molecule has 0 spiro atoms. The van der Waals surface area contributed by atoms with Crippen molar-refractivity contribution >= 4 is 0 Å². The highest BCUT2D eigenvalue weighted by molar-refractivity contribution is 4.83. The van der Waals surface area contributed by atoms with E-state index < -0.39 is 0 Å². The van der Waals surface area contributed by atoms with Crippen molar-refractivity contribution in [2.45, 2.75) is 65.3 Å². The van der Waals surface area contributed by atoms with Gasteiger partial charge in [-0.2, -0.15) is 0 Å². The molecular formula is C17H34N2. The zero-order valence-corrected chi connectivity index (χ0v) is 13.4. The summed E-state index contributed by atoms with van der Waals surface area (Å²) in [7, 11) is 0. The fraction of sp³-hybridized carbons (Fsp3) is 1.00. The van der Waals surface area contributed by atoms with E-state index in [4.69, 9.17) is 0 Å². The third-order valence-electron chi connectivity index (χ3n) is 5.44. The molecule has 19 heavy (non-hydrogen) atoms. The molecule has 0 radical (unpaired) electrons. The lowest BCUT2D eigenvalue weighted by Gasteiger charge is -2.42. The smallest absolute Gasteiger partial charge is 0.0113 e. The number of nitrogens with zero attached hydrogens (tertiary/aromatic N) is 2. The van der Waals surface area contributed by atoms with Gasteiger partial charge < -0.3 is 4.90 Å². The van der Waals surface area contributed by atoms with Gasteiger partial charge in [0, 0.05) is 32.2 Å². The van der Waals surface area contributed by atoms with Crippen molar-refractivity contribution < 1.29 is 0 Å². The molecule has 0 unspecified atom stereocenters. The van der Waals surface area contributed by atoms with Crippen LogP contribution in [0.5, 0.6) is 0 Å². The molecule has 2 fully saturated rings. The first-order chi connectivity index (χ1) is 9.20. The van der Waals surface area contributed by atoms with E-state index in [1.807, 2.05) is 0 Å². The first-order valence-electron chi connectivity index (χ1n) is 8.67. The van der Waals surface area contributed by atoms with Crippen molar-refractivity contribution in [2.75, 3.05) is 32.7 Å². The second-order valence-corrected chi connectivity index (χ2v) is 7.04. The molecule has 0 bridgehead atoms. The van der Waals surface area contributed by atoms with Gasteiger partial charge >= 0.3 is 0 Å². The van der Waals surface area contributed by atoms with E-state index in [9.17, 15) is 0 Å². The molecule has 0 amide bonds. The molecule has 2 aliphatic rings. The highest BCUT2D eigenvalue weighted by Crippen LogP contribution is 2.32. The van der Waals surface area contributed by atoms with Gasteiger partial charge in [0.15, 0.2) is 0 Å². The lowest BCUT2D eigenvalue weighted by atomic mass is 9.79. The molecule has 0 N–H and O–H groups in total. The van der Waals surface area contributed by atoms with Gasteiger partial charge in [0.1, 0.15) is 0 Å². The highest BCUT2D eigenvalue weighted by Gasteiger charge is 2.28. The lowest BCUT2D eigenvalue weighted by molar-refractivity contribution is 0.0650. The van der Waals surface area contributed by atoms with Crippen LogP contribution >= 0.6 is 0 Å². The van der Waals surface area contributed by atoms with Crippen LogP contribution in [0.3, 0.4) is 0 Å². The van der Waals surface area contributed by atoms with E-state index in [1.165, 1.54) is 71.2 Å². The maximum atomic E-state index is 2.79. The van der Waals surface area contributed by atoms with E-state index in [-0.39, 0.29) is 0 Å². The van der Waals surface area contributed by atoms with Crippen LogP contribution in [0.15, 0.2) is 0 Å². The van der Waals surface area contributed by atoms with Crippen molar-refractivity contribution in [3.63, 3.8) is 0 Å². The third-order valence-corrected chi connectivity index (χ3v) is 5.44. The van der Waals surface area contributed by atoms with Gasteiger partial charge in [-0.05, 0) is 50.5 Å².